The number of benzene rings is 2. The molecule has 5 nitrogen and oxygen atoms in total. The quantitative estimate of drug-likeness (QED) is 0.863. The van der Waals surface area contributed by atoms with Gasteiger partial charge in [0.05, 0.1) is 17.1 Å². The molecule has 0 heterocycles. The van der Waals surface area contributed by atoms with Gasteiger partial charge in [-0.1, -0.05) is 11.6 Å². The SMILES string of the molecule is CS(=O)(=O)c1ccc(NC(=O)CNc2cc(Cl)ccc2F)cc1. The molecule has 0 aliphatic heterocycles. The Morgan fingerprint density at radius 3 is 2.43 bits per heavy atom. The van der Waals surface area contributed by atoms with Crippen LogP contribution in [0.5, 0.6) is 0 Å². The minimum absolute atomic E-state index is 0.125. The van der Waals surface area contributed by atoms with E-state index in [9.17, 15) is 17.6 Å². The first-order valence-corrected chi connectivity index (χ1v) is 8.81. The van der Waals surface area contributed by atoms with E-state index in [4.69, 9.17) is 11.6 Å². The van der Waals surface area contributed by atoms with Crippen LogP contribution in [0, 0.1) is 5.82 Å². The maximum Gasteiger partial charge on any atom is 0.243 e. The first-order chi connectivity index (χ1) is 10.8. The topological polar surface area (TPSA) is 75.3 Å². The Labute approximate surface area is 138 Å². The fourth-order valence-electron chi connectivity index (χ4n) is 1.80. The van der Waals surface area contributed by atoms with Gasteiger partial charge in [-0.05, 0) is 42.5 Å². The molecule has 2 aromatic carbocycles. The van der Waals surface area contributed by atoms with Crippen molar-refractivity contribution in [1.29, 1.82) is 0 Å². The number of hydrogen-bond donors (Lipinski definition) is 2. The van der Waals surface area contributed by atoms with Gasteiger partial charge in [0.1, 0.15) is 5.82 Å². The number of amides is 1. The van der Waals surface area contributed by atoms with E-state index in [0.717, 1.165) is 6.26 Å². The molecule has 0 saturated heterocycles. The zero-order chi connectivity index (χ0) is 17.0. The second kappa shape index (κ2) is 6.97. The van der Waals surface area contributed by atoms with Gasteiger partial charge in [-0.3, -0.25) is 4.79 Å². The highest BCUT2D eigenvalue weighted by molar-refractivity contribution is 7.90. The Balaban J connectivity index is 1.96. The molecule has 0 radical (unpaired) electrons. The molecule has 0 aromatic heterocycles. The van der Waals surface area contributed by atoms with Crippen molar-refractivity contribution in [3.05, 3.63) is 53.3 Å². The largest absolute Gasteiger partial charge is 0.374 e. The molecule has 122 valence electrons. The number of carbonyl (C=O) groups excluding carboxylic acids is 1. The average Bonchev–Trinajstić information content (AvgIpc) is 2.48. The zero-order valence-electron chi connectivity index (χ0n) is 12.1. The van der Waals surface area contributed by atoms with Crippen molar-refractivity contribution < 1.29 is 17.6 Å². The number of carbonyl (C=O) groups is 1. The van der Waals surface area contributed by atoms with Crippen molar-refractivity contribution in [2.75, 3.05) is 23.4 Å². The van der Waals surface area contributed by atoms with Crippen LogP contribution in [0.4, 0.5) is 15.8 Å². The van der Waals surface area contributed by atoms with E-state index >= 15 is 0 Å². The van der Waals surface area contributed by atoms with Gasteiger partial charge in [0, 0.05) is 17.0 Å². The maximum absolute atomic E-state index is 13.5. The molecule has 1 amide bonds. The van der Waals surface area contributed by atoms with Gasteiger partial charge in [-0.2, -0.15) is 0 Å². The molecule has 0 aliphatic carbocycles. The Hall–Kier alpha value is -2.12. The zero-order valence-corrected chi connectivity index (χ0v) is 13.7. The van der Waals surface area contributed by atoms with E-state index < -0.39 is 21.6 Å². The lowest BCUT2D eigenvalue weighted by Gasteiger charge is -2.09. The second-order valence-electron chi connectivity index (χ2n) is 4.82. The van der Waals surface area contributed by atoms with Crippen molar-refractivity contribution in [1.82, 2.24) is 0 Å². The number of halogens is 2. The molecule has 0 unspecified atom stereocenters. The van der Waals surface area contributed by atoms with Gasteiger partial charge < -0.3 is 10.6 Å². The Bertz CT molecular complexity index is 823. The van der Waals surface area contributed by atoms with Crippen molar-refractivity contribution >= 4 is 38.7 Å². The third-order valence-electron chi connectivity index (χ3n) is 2.93. The van der Waals surface area contributed by atoms with Crippen molar-refractivity contribution in [2.45, 2.75) is 4.90 Å². The fraction of sp³-hybridized carbons (Fsp3) is 0.133. The number of sulfone groups is 1. The van der Waals surface area contributed by atoms with E-state index in [1.54, 1.807) is 0 Å². The Morgan fingerprint density at radius 2 is 1.83 bits per heavy atom. The lowest BCUT2D eigenvalue weighted by molar-refractivity contribution is -0.114. The normalized spacial score (nSPS) is 11.1. The number of anilines is 2. The van der Waals surface area contributed by atoms with Crippen molar-refractivity contribution in [3.63, 3.8) is 0 Å². The van der Waals surface area contributed by atoms with E-state index in [1.165, 1.54) is 42.5 Å². The minimum Gasteiger partial charge on any atom is -0.374 e. The van der Waals surface area contributed by atoms with Gasteiger partial charge in [-0.25, -0.2) is 12.8 Å². The lowest BCUT2D eigenvalue weighted by Crippen LogP contribution is -2.22. The predicted molar refractivity (Wildman–Crippen MR) is 88.1 cm³/mol. The monoisotopic (exact) mass is 356 g/mol. The van der Waals surface area contributed by atoms with Crippen molar-refractivity contribution in [3.8, 4) is 0 Å². The standard InChI is InChI=1S/C15H14ClFN2O3S/c1-23(21,22)12-5-3-11(4-6-12)19-15(20)9-18-14-8-10(16)2-7-13(14)17/h2-8,18H,9H2,1H3,(H,19,20). The highest BCUT2D eigenvalue weighted by Gasteiger charge is 2.08. The third kappa shape index (κ3) is 4.94. The minimum atomic E-state index is -3.28. The van der Waals surface area contributed by atoms with Crippen LogP contribution in [0.1, 0.15) is 0 Å². The van der Waals surface area contributed by atoms with E-state index in [1.807, 2.05) is 0 Å². The van der Waals surface area contributed by atoms with Crippen LogP contribution in [-0.4, -0.2) is 27.1 Å². The molecule has 2 aromatic rings. The number of hydrogen-bond acceptors (Lipinski definition) is 4. The maximum atomic E-state index is 13.5. The first-order valence-electron chi connectivity index (χ1n) is 6.54. The summed E-state index contributed by atoms with van der Waals surface area (Å²) in [7, 11) is -3.28. The van der Waals surface area contributed by atoms with E-state index in [2.05, 4.69) is 10.6 Å². The fourth-order valence-corrected chi connectivity index (χ4v) is 2.60. The molecule has 0 spiro atoms. The predicted octanol–water partition coefficient (Wildman–Crippen LogP) is 2.93. The summed E-state index contributed by atoms with van der Waals surface area (Å²) in [4.78, 5) is 12.0. The molecular formula is C15H14ClFN2O3S. The van der Waals surface area contributed by atoms with Gasteiger partial charge in [0.25, 0.3) is 0 Å². The summed E-state index contributed by atoms with van der Waals surface area (Å²) in [6, 6.07) is 9.75. The van der Waals surface area contributed by atoms with Crippen LogP contribution in [0.2, 0.25) is 5.02 Å². The second-order valence-corrected chi connectivity index (χ2v) is 7.27. The van der Waals surface area contributed by atoms with Gasteiger partial charge in [0.15, 0.2) is 9.84 Å². The molecule has 8 heteroatoms. The van der Waals surface area contributed by atoms with Gasteiger partial charge in [0.2, 0.25) is 5.91 Å². The van der Waals surface area contributed by atoms with Crippen LogP contribution in [-0.2, 0) is 14.6 Å². The van der Waals surface area contributed by atoms with Crippen molar-refractivity contribution in [2.24, 2.45) is 0 Å². The summed E-state index contributed by atoms with van der Waals surface area (Å²) < 4.78 is 36.2. The Morgan fingerprint density at radius 1 is 1.17 bits per heavy atom. The van der Waals surface area contributed by atoms with Crippen LogP contribution >= 0.6 is 11.6 Å². The Kier molecular flexibility index (Phi) is 5.23. The molecular weight excluding hydrogens is 343 g/mol. The number of nitrogens with one attached hydrogen (secondary N) is 2. The highest BCUT2D eigenvalue weighted by Crippen LogP contribution is 2.19. The summed E-state index contributed by atoms with van der Waals surface area (Å²) >= 11 is 5.76. The number of rotatable bonds is 5. The van der Waals surface area contributed by atoms with Crippen LogP contribution in [0.25, 0.3) is 0 Å². The van der Waals surface area contributed by atoms with Crippen LogP contribution in [0.3, 0.4) is 0 Å². The van der Waals surface area contributed by atoms with E-state index in [-0.39, 0.29) is 17.1 Å². The van der Waals surface area contributed by atoms with Gasteiger partial charge >= 0.3 is 0 Å². The smallest absolute Gasteiger partial charge is 0.243 e. The summed E-state index contributed by atoms with van der Waals surface area (Å²) in [5.74, 6) is -0.920. The molecule has 0 aliphatic rings. The lowest BCUT2D eigenvalue weighted by atomic mass is 10.3. The molecule has 2 N–H and O–H groups in total. The van der Waals surface area contributed by atoms with Gasteiger partial charge in [-0.15, -0.1) is 0 Å². The van der Waals surface area contributed by atoms with Crippen LogP contribution in [0.15, 0.2) is 47.4 Å². The molecule has 0 saturated carbocycles. The van der Waals surface area contributed by atoms with E-state index in [0.29, 0.717) is 10.7 Å². The summed E-state index contributed by atoms with van der Waals surface area (Å²) in [5, 5.41) is 5.57. The average molecular weight is 357 g/mol. The molecule has 0 fully saturated rings. The molecule has 23 heavy (non-hydrogen) atoms. The molecule has 2 rings (SSSR count). The summed E-state index contributed by atoms with van der Waals surface area (Å²) in [6.45, 7) is -0.162. The molecule has 0 atom stereocenters. The third-order valence-corrected chi connectivity index (χ3v) is 4.30. The summed E-state index contributed by atoms with van der Waals surface area (Å²) in [6.07, 6.45) is 1.10. The van der Waals surface area contributed by atoms with Crippen LogP contribution < -0.4 is 10.6 Å². The highest BCUT2D eigenvalue weighted by atomic mass is 35.5. The first kappa shape index (κ1) is 17.2. The molecule has 0 bridgehead atoms. The summed E-state index contributed by atoms with van der Waals surface area (Å²) in [5.41, 5.74) is 0.566.